The van der Waals surface area contributed by atoms with Crippen LogP contribution in [0.1, 0.15) is 10.4 Å². The van der Waals surface area contributed by atoms with Crippen LogP contribution in [0.15, 0.2) is 18.2 Å². The summed E-state index contributed by atoms with van der Waals surface area (Å²) in [4.78, 5) is 9.27. The first-order chi connectivity index (χ1) is 6.56. The Morgan fingerprint density at radius 2 is 2.14 bits per heavy atom. The van der Waals surface area contributed by atoms with Gasteiger partial charge in [-0.2, -0.15) is 0 Å². The quantitative estimate of drug-likeness (QED) is 0.460. The van der Waals surface area contributed by atoms with Crippen LogP contribution in [0.4, 0.5) is 5.69 Å². The first-order valence-electron chi connectivity index (χ1n) is 3.66. The second-order valence-corrected chi connectivity index (χ2v) is 3.59. The average molecular weight is 236 g/mol. The van der Waals surface area contributed by atoms with Gasteiger partial charge in [0.25, 0.3) is 0 Å². The molecular formula is C8H7Cl2NO3. The van der Waals surface area contributed by atoms with Crippen molar-refractivity contribution < 1.29 is 9.66 Å². The summed E-state index contributed by atoms with van der Waals surface area (Å²) in [6.45, 7) is 0. The third-order valence-corrected chi connectivity index (χ3v) is 2.16. The normalized spacial score (nSPS) is 10.3. The third-order valence-electron chi connectivity index (χ3n) is 1.65. The lowest BCUT2D eigenvalue weighted by molar-refractivity contribution is -0.385. The molecule has 14 heavy (non-hydrogen) atoms. The molecular weight excluding hydrogens is 229 g/mol. The molecule has 0 unspecified atom stereocenters. The molecule has 0 aliphatic heterocycles. The minimum absolute atomic E-state index is 0.142. The van der Waals surface area contributed by atoms with E-state index in [9.17, 15) is 10.1 Å². The van der Waals surface area contributed by atoms with E-state index in [2.05, 4.69) is 0 Å². The van der Waals surface area contributed by atoms with E-state index >= 15 is 0 Å². The second-order valence-electron chi connectivity index (χ2n) is 2.49. The molecule has 76 valence electrons. The van der Waals surface area contributed by atoms with Crippen LogP contribution in [0.2, 0.25) is 0 Å². The smallest absolute Gasteiger partial charge is 0.311 e. The van der Waals surface area contributed by atoms with Crippen molar-refractivity contribution in [3.63, 3.8) is 0 Å². The van der Waals surface area contributed by atoms with Gasteiger partial charge in [0, 0.05) is 6.07 Å². The van der Waals surface area contributed by atoms with Gasteiger partial charge >= 0.3 is 5.69 Å². The zero-order chi connectivity index (χ0) is 10.7. The lowest BCUT2D eigenvalue weighted by Gasteiger charge is -2.04. The predicted octanol–water partition coefficient (Wildman–Crippen LogP) is 3.08. The Balaban J connectivity index is 3.21. The summed E-state index contributed by atoms with van der Waals surface area (Å²) in [6.07, 6.45) is 0. The summed E-state index contributed by atoms with van der Waals surface area (Å²) >= 11 is 11.2. The number of hydrogen-bond donors (Lipinski definition) is 0. The van der Waals surface area contributed by atoms with Crippen LogP contribution in [0.25, 0.3) is 0 Å². The second kappa shape index (κ2) is 4.48. The highest BCUT2D eigenvalue weighted by Gasteiger charge is 2.17. The molecule has 0 radical (unpaired) electrons. The Morgan fingerprint density at radius 1 is 1.50 bits per heavy atom. The van der Waals surface area contributed by atoms with Crippen LogP contribution in [-0.4, -0.2) is 12.0 Å². The van der Waals surface area contributed by atoms with Gasteiger partial charge in [-0.1, -0.05) is 6.07 Å². The number of hydrogen-bond acceptors (Lipinski definition) is 3. The average Bonchev–Trinajstić information content (AvgIpc) is 2.16. The van der Waals surface area contributed by atoms with E-state index in [1.807, 2.05) is 0 Å². The lowest BCUT2D eigenvalue weighted by atomic mass is 10.2. The highest BCUT2D eigenvalue weighted by molar-refractivity contribution is 6.44. The number of nitro benzene ring substituents is 1. The Labute approximate surface area is 90.5 Å². The molecule has 1 rings (SSSR count). The van der Waals surface area contributed by atoms with E-state index < -0.39 is 9.76 Å². The molecule has 0 atom stereocenters. The number of methoxy groups -OCH3 is 1. The van der Waals surface area contributed by atoms with Crippen molar-refractivity contribution in [1.29, 1.82) is 0 Å². The van der Waals surface area contributed by atoms with E-state index in [1.165, 1.54) is 19.2 Å². The molecule has 0 amide bonds. The van der Waals surface area contributed by atoms with Gasteiger partial charge < -0.3 is 4.74 Å². The fourth-order valence-corrected chi connectivity index (χ4v) is 1.26. The van der Waals surface area contributed by atoms with Crippen LogP contribution in [-0.2, 0) is 0 Å². The van der Waals surface area contributed by atoms with Crippen molar-refractivity contribution in [2.45, 2.75) is 4.84 Å². The van der Waals surface area contributed by atoms with E-state index in [0.29, 0.717) is 5.56 Å². The van der Waals surface area contributed by atoms with Crippen LogP contribution < -0.4 is 4.74 Å². The molecule has 0 bridgehead atoms. The van der Waals surface area contributed by atoms with E-state index in [4.69, 9.17) is 27.9 Å². The van der Waals surface area contributed by atoms with E-state index in [0.717, 1.165) is 0 Å². The van der Waals surface area contributed by atoms with Gasteiger partial charge in [-0.15, -0.1) is 23.2 Å². The number of ether oxygens (including phenoxy) is 1. The molecule has 0 heterocycles. The Hall–Kier alpha value is -1.00. The zero-order valence-electron chi connectivity index (χ0n) is 7.24. The van der Waals surface area contributed by atoms with Crippen LogP contribution in [0.3, 0.4) is 0 Å². The van der Waals surface area contributed by atoms with Crippen molar-refractivity contribution >= 4 is 28.9 Å². The van der Waals surface area contributed by atoms with Crippen LogP contribution in [0, 0.1) is 10.1 Å². The van der Waals surface area contributed by atoms with Gasteiger partial charge in [0.15, 0.2) is 5.75 Å². The fourth-order valence-electron chi connectivity index (χ4n) is 0.985. The topological polar surface area (TPSA) is 52.4 Å². The Morgan fingerprint density at radius 3 is 2.57 bits per heavy atom. The van der Waals surface area contributed by atoms with Crippen molar-refractivity contribution in [3.8, 4) is 5.75 Å². The highest BCUT2D eigenvalue weighted by Crippen LogP contribution is 2.33. The molecule has 0 saturated heterocycles. The summed E-state index contributed by atoms with van der Waals surface area (Å²) in [6, 6.07) is 4.34. The monoisotopic (exact) mass is 235 g/mol. The summed E-state index contributed by atoms with van der Waals surface area (Å²) < 4.78 is 4.81. The molecule has 0 spiro atoms. The minimum atomic E-state index is -0.778. The van der Waals surface area contributed by atoms with Crippen molar-refractivity contribution in [3.05, 3.63) is 33.9 Å². The van der Waals surface area contributed by atoms with Crippen LogP contribution >= 0.6 is 23.2 Å². The number of halogens is 2. The van der Waals surface area contributed by atoms with Crippen LogP contribution in [0.5, 0.6) is 5.75 Å². The van der Waals surface area contributed by atoms with Crippen molar-refractivity contribution in [1.82, 2.24) is 0 Å². The number of nitrogens with zero attached hydrogens (tertiary/aromatic N) is 1. The van der Waals surface area contributed by atoms with Gasteiger partial charge in [0.1, 0.15) is 4.84 Å². The fraction of sp³-hybridized carbons (Fsp3) is 0.250. The number of rotatable bonds is 3. The summed E-state index contributed by atoms with van der Waals surface area (Å²) in [5.41, 5.74) is 0.331. The molecule has 0 fully saturated rings. The molecule has 0 aromatic heterocycles. The summed E-state index contributed by atoms with van der Waals surface area (Å²) in [5, 5.41) is 10.6. The maximum atomic E-state index is 10.6. The first kappa shape index (κ1) is 11.1. The van der Waals surface area contributed by atoms with E-state index in [-0.39, 0.29) is 11.4 Å². The number of benzene rings is 1. The lowest BCUT2D eigenvalue weighted by Crippen LogP contribution is -1.95. The molecule has 0 N–H and O–H groups in total. The Kier molecular flexibility index (Phi) is 3.55. The minimum Gasteiger partial charge on any atom is -0.490 e. The van der Waals surface area contributed by atoms with Crippen molar-refractivity contribution in [2.75, 3.05) is 7.11 Å². The molecule has 1 aromatic rings. The van der Waals surface area contributed by atoms with Gasteiger partial charge in [-0.25, -0.2) is 0 Å². The maximum Gasteiger partial charge on any atom is 0.311 e. The molecule has 0 aliphatic carbocycles. The largest absolute Gasteiger partial charge is 0.490 e. The summed E-state index contributed by atoms with van der Waals surface area (Å²) in [5.74, 6) is 0.188. The molecule has 4 nitrogen and oxygen atoms in total. The first-order valence-corrected chi connectivity index (χ1v) is 4.54. The predicted molar refractivity (Wildman–Crippen MR) is 54.1 cm³/mol. The molecule has 1 aromatic carbocycles. The SMILES string of the molecule is COc1ccc(C(Cl)Cl)cc1[N+](=O)[O-]. The van der Waals surface area contributed by atoms with E-state index in [1.54, 1.807) is 6.07 Å². The zero-order valence-corrected chi connectivity index (χ0v) is 8.75. The van der Waals surface area contributed by atoms with Crippen molar-refractivity contribution in [2.24, 2.45) is 0 Å². The van der Waals surface area contributed by atoms with Gasteiger partial charge in [-0.05, 0) is 11.6 Å². The maximum absolute atomic E-state index is 10.6. The number of nitro groups is 1. The summed E-state index contributed by atoms with van der Waals surface area (Å²) in [7, 11) is 1.36. The van der Waals surface area contributed by atoms with Gasteiger partial charge in [0.2, 0.25) is 0 Å². The highest BCUT2D eigenvalue weighted by atomic mass is 35.5. The molecule has 0 saturated carbocycles. The standard InChI is InChI=1S/C8H7Cl2NO3/c1-14-7-3-2-5(8(9)10)4-6(7)11(12)13/h2-4,8H,1H3. The number of alkyl halides is 2. The van der Waals surface area contributed by atoms with Gasteiger partial charge in [-0.3, -0.25) is 10.1 Å². The third kappa shape index (κ3) is 2.27. The molecule has 6 heteroatoms. The Bertz CT molecular complexity index is 354. The molecule has 0 aliphatic rings. The van der Waals surface area contributed by atoms with Gasteiger partial charge in [0.05, 0.1) is 12.0 Å².